The maximum atomic E-state index is 6.19. The molecular formula is C16H26BrNO. The Morgan fingerprint density at radius 3 is 2.58 bits per heavy atom. The molecule has 0 spiro atoms. The quantitative estimate of drug-likeness (QED) is 0.754. The predicted molar refractivity (Wildman–Crippen MR) is 85.8 cm³/mol. The maximum Gasteiger partial charge on any atom is 0.126 e. The Morgan fingerprint density at radius 1 is 1.32 bits per heavy atom. The van der Waals surface area contributed by atoms with Crippen LogP contribution in [-0.2, 0) is 0 Å². The lowest BCUT2D eigenvalue weighted by Gasteiger charge is -2.28. The molecule has 3 heteroatoms. The molecule has 0 aliphatic carbocycles. The molecule has 0 heterocycles. The first-order valence-electron chi connectivity index (χ1n) is 7.11. The van der Waals surface area contributed by atoms with E-state index in [0.29, 0.717) is 6.04 Å². The summed E-state index contributed by atoms with van der Waals surface area (Å²) < 4.78 is 7.25. The Bertz CT molecular complexity index is 404. The largest absolute Gasteiger partial charge is 0.487 e. The van der Waals surface area contributed by atoms with Crippen molar-refractivity contribution in [2.75, 3.05) is 6.54 Å². The van der Waals surface area contributed by atoms with Crippen LogP contribution in [0.1, 0.15) is 59.1 Å². The summed E-state index contributed by atoms with van der Waals surface area (Å²) in [4.78, 5) is 0. The fourth-order valence-electron chi connectivity index (χ4n) is 1.79. The van der Waals surface area contributed by atoms with Crippen molar-refractivity contribution < 1.29 is 4.74 Å². The lowest BCUT2D eigenvalue weighted by atomic mass is 10.0. The minimum atomic E-state index is -0.139. The van der Waals surface area contributed by atoms with E-state index >= 15 is 0 Å². The average molecular weight is 328 g/mol. The van der Waals surface area contributed by atoms with Gasteiger partial charge in [-0.2, -0.15) is 0 Å². The molecule has 1 aromatic carbocycles. The molecule has 0 aliphatic heterocycles. The highest BCUT2D eigenvalue weighted by Crippen LogP contribution is 2.32. The second-order valence-corrected chi connectivity index (χ2v) is 6.49. The highest BCUT2D eigenvalue weighted by molar-refractivity contribution is 9.10. The van der Waals surface area contributed by atoms with Crippen molar-refractivity contribution in [2.24, 2.45) is 0 Å². The van der Waals surface area contributed by atoms with Gasteiger partial charge in [-0.1, -0.05) is 35.8 Å². The summed E-state index contributed by atoms with van der Waals surface area (Å²) in [5.41, 5.74) is 1.08. The molecule has 0 aliphatic rings. The molecule has 1 atom stereocenters. The number of benzene rings is 1. The zero-order chi connectivity index (χ0) is 14.5. The second-order valence-electron chi connectivity index (χ2n) is 5.57. The Kier molecular flexibility index (Phi) is 6.34. The van der Waals surface area contributed by atoms with Crippen molar-refractivity contribution in [2.45, 2.75) is 59.1 Å². The van der Waals surface area contributed by atoms with Crippen LogP contribution in [0, 0.1) is 0 Å². The van der Waals surface area contributed by atoms with E-state index in [1.807, 2.05) is 0 Å². The van der Waals surface area contributed by atoms with Gasteiger partial charge in [0.1, 0.15) is 11.4 Å². The maximum absolute atomic E-state index is 6.19. The number of halogens is 1. The fourth-order valence-corrected chi connectivity index (χ4v) is 2.14. The van der Waals surface area contributed by atoms with Crippen LogP contribution in [0.15, 0.2) is 22.7 Å². The lowest BCUT2D eigenvalue weighted by molar-refractivity contribution is 0.103. The van der Waals surface area contributed by atoms with Gasteiger partial charge in [0.2, 0.25) is 0 Å². The van der Waals surface area contributed by atoms with Gasteiger partial charge >= 0.3 is 0 Å². The van der Waals surface area contributed by atoms with Crippen molar-refractivity contribution >= 4 is 15.9 Å². The van der Waals surface area contributed by atoms with Crippen LogP contribution in [0.5, 0.6) is 5.75 Å². The lowest BCUT2D eigenvalue weighted by Crippen LogP contribution is -2.28. The van der Waals surface area contributed by atoms with Crippen LogP contribution in [0.25, 0.3) is 0 Å². The number of nitrogens with one attached hydrogen (secondary N) is 1. The van der Waals surface area contributed by atoms with Gasteiger partial charge < -0.3 is 10.1 Å². The third-order valence-corrected chi connectivity index (χ3v) is 3.87. The Balaban J connectivity index is 2.97. The van der Waals surface area contributed by atoms with Crippen LogP contribution in [-0.4, -0.2) is 12.1 Å². The van der Waals surface area contributed by atoms with Crippen molar-refractivity contribution in [1.82, 2.24) is 5.32 Å². The molecule has 0 aromatic heterocycles. The summed E-state index contributed by atoms with van der Waals surface area (Å²) in [6, 6.07) is 6.58. The Morgan fingerprint density at radius 2 is 2.00 bits per heavy atom. The first-order chi connectivity index (χ1) is 8.89. The standard InChI is InChI=1S/C16H26BrNO/c1-6-10-18-12(3)14-9-8-13(17)11-15(14)19-16(4,5)7-2/h8-9,11-12,18H,6-7,10H2,1-5H3. The van der Waals surface area contributed by atoms with Gasteiger partial charge in [-0.3, -0.25) is 0 Å². The van der Waals surface area contributed by atoms with Crippen LogP contribution >= 0.6 is 15.9 Å². The normalized spacial score (nSPS) is 13.4. The first kappa shape index (κ1) is 16.5. The van der Waals surface area contributed by atoms with Crippen LogP contribution in [0.2, 0.25) is 0 Å². The minimum absolute atomic E-state index is 0.139. The molecule has 1 unspecified atom stereocenters. The molecule has 1 rings (SSSR count). The summed E-state index contributed by atoms with van der Waals surface area (Å²) in [6.07, 6.45) is 2.12. The first-order valence-corrected chi connectivity index (χ1v) is 7.90. The van der Waals surface area contributed by atoms with Crippen molar-refractivity contribution in [1.29, 1.82) is 0 Å². The second kappa shape index (κ2) is 7.30. The number of ether oxygens (including phenoxy) is 1. The molecule has 0 radical (unpaired) electrons. The molecule has 0 amide bonds. The van der Waals surface area contributed by atoms with Crippen molar-refractivity contribution in [3.63, 3.8) is 0 Å². The van der Waals surface area contributed by atoms with E-state index < -0.39 is 0 Å². The monoisotopic (exact) mass is 327 g/mol. The van der Waals surface area contributed by atoms with Gasteiger partial charge in [0.15, 0.2) is 0 Å². The highest BCUT2D eigenvalue weighted by atomic mass is 79.9. The predicted octanol–water partition coefficient (Wildman–Crippen LogP) is 5.08. The summed E-state index contributed by atoms with van der Waals surface area (Å²) in [5, 5.41) is 3.52. The van der Waals surface area contributed by atoms with E-state index in [-0.39, 0.29) is 5.60 Å². The van der Waals surface area contributed by atoms with E-state index in [1.54, 1.807) is 0 Å². The van der Waals surface area contributed by atoms with Crippen molar-refractivity contribution in [3.8, 4) is 5.75 Å². The van der Waals surface area contributed by atoms with E-state index in [4.69, 9.17) is 4.74 Å². The molecule has 0 fully saturated rings. The van der Waals surface area contributed by atoms with Crippen LogP contribution in [0.4, 0.5) is 0 Å². The Hall–Kier alpha value is -0.540. The smallest absolute Gasteiger partial charge is 0.126 e. The summed E-state index contributed by atoms with van der Waals surface area (Å²) in [7, 11) is 0. The number of hydrogen-bond donors (Lipinski definition) is 1. The zero-order valence-corrected chi connectivity index (χ0v) is 14.3. The molecule has 0 saturated heterocycles. The van der Waals surface area contributed by atoms with Gasteiger partial charge in [0, 0.05) is 16.1 Å². The molecule has 108 valence electrons. The minimum Gasteiger partial charge on any atom is -0.487 e. The molecule has 1 aromatic rings. The SMILES string of the molecule is CCCNC(C)c1ccc(Br)cc1OC(C)(C)CC. The van der Waals surface area contributed by atoms with Gasteiger partial charge in [0.25, 0.3) is 0 Å². The summed E-state index contributed by atoms with van der Waals surface area (Å²) in [5.74, 6) is 0.970. The molecule has 0 bridgehead atoms. The summed E-state index contributed by atoms with van der Waals surface area (Å²) in [6.45, 7) is 11.8. The van der Waals surface area contributed by atoms with Crippen LogP contribution in [0.3, 0.4) is 0 Å². The third-order valence-electron chi connectivity index (χ3n) is 3.38. The fraction of sp³-hybridized carbons (Fsp3) is 0.625. The molecule has 2 nitrogen and oxygen atoms in total. The third kappa shape index (κ3) is 5.15. The molecular weight excluding hydrogens is 302 g/mol. The van der Waals surface area contributed by atoms with E-state index in [1.165, 1.54) is 5.56 Å². The summed E-state index contributed by atoms with van der Waals surface area (Å²) >= 11 is 3.53. The molecule has 19 heavy (non-hydrogen) atoms. The van der Waals surface area contributed by atoms with Gasteiger partial charge in [-0.25, -0.2) is 0 Å². The topological polar surface area (TPSA) is 21.3 Å². The van der Waals surface area contributed by atoms with Gasteiger partial charge in [-0.05, 0) is 52.3 Å². The van der Waals surface area contributed by atoms with Crippen molar-refractivity contribution in [3.05, 3.63) is 28.2 Å². The highest BCUT2D eigenvalue weighted by Gasteiger charge is 2.20. The zero-order valence-electron chi connectivity index (χ0n) is 12.7. The van der Waals surface area contributed by atoms with E-state index in [0.717, 1.165) is 29.6 Å². The number of rotatable bonds is 7. The van der Waals surface area contributed by atoms with Crippen LogP contribution < -0.4 is 10.1 Å². The molecule has 1 N–H and O–H groups in total. The number of hydrogen-bond acceptors (Lipinski definition) is 2. The average Bonchev–Trinajstić information content (AvgIpc) is 2.35. The van der Waals surface area contributed by atoms with Gasteiger partial charge in [0.05, 0.1) is 0 Å². The van der Waals surface area contributed by atoms with E-state index in [2.05, 4.69) is 74.1 Å². The van der Waals surface area contributed by atoms with E-state index in [9.17, 15) is 0 Å². The van der Waals surface area contributed by atoms with Gasteiger partial charge in [-0.15, -0.1) is 0 Å². The Labute approximate surface area is 126 Å². The molecule has 0 saturated carbocycles.